The number of benzene rings is 2. The Hall–Kier alpha value is -2.91. The van der Waals surface area contributed by atoms with E-state index in [2.05, 4.69) is 10.6 Å². The van der Waals surface area contributed by atoms with Crippen molar-refractivity contribution in [2.24, 2.45) is 5.92 Å². The van der Waals surface area contributed by atoms with E-state index in [1.54, 1.807) is 30.3 Å². The minimum Gasteiger partial charge on any atom is -0.379 e. The summed E-state index contributed by atoms with van der Waals surface area (Å²) in [6.45, 7) is 2.95. The smallest absolute Gasteiger partial charge is 0.379 e. The third-order valence-corrected chi connectivity index (χ3v) is 5.70. The van der Waals surface area contributed by atoms with E-state index >= 15 is 0 Å². The average molecular weight is 447 g/mol. The van der Waals surface area contributed by atoms with Crippen LogP contribution in [0.2, 0.25) is 0 Å². The molecule has 4 rings (SSSR count). The molecule has 0 radical (unpaired) electrons. The van der Waals surface area contributed by atoms with E-state index in [0.29, 0.717) is 44.1 Å². The number of nitrogens with zero attached hydrogens (tertiary/aromatic N) is 1. The highest BCUT2D eigenvalue weighted by atomic mass is 19.4. The average Bonchev–Trinajstić information content (AvgIpc) is 3.56. The first kappa shape index (κ1) is 22.3. The molecule has 170 valence electrons. The molecule has 32 heavy (non-hydrogen) atoms. The number of nitrogens with one attached hydrogen (secondary N) is 2. The van der Waals surface area contributed by atoms with Crippen LogP contribution < -0.4 is 10.6 Å². The summed E-state index contributed by atoms with van der Waals surface area (Å²) in [5.74, 6) is -1.37. The Morgan fingerprint density at radius 3 is 2.25 bits per heavy atom. The molecule has 1 aliphatic carbocycles. The van der Waals surface area contributed by atoms with E-state index in [9.17, 15) is 22.8 Å². The lowest BCUT2D eigenvalue weighted by Gasteiger charge is -2.25. The highest BCUT2D eigenvalue weighted by Crippen LogP contribution is 2.51. The molecule has 1 heterocycles. The number of hydrogen-bond acceptors (Lipinski definition) is 4. The number of ether oxygens (including phenoxy) is 1. The summed E-state index contributed by atoms with van der Waals surface area (Å²) in [5.41, 5.74) is 0.608. The highest BCUT2D eigenvalue weighted by molar-refractivity contribution is 5.96. The third-order valence-electron chi connectivity index (χ3n) is 5.70. The van der Waals surface area contributed by atoms with Crippen LogP contribution in [0.15, 0.2) is 48.5 Å². The van der Waals surface area contributed by atoms with E-state index < -0.39 is 23.6 Å². The fourth-order valence-electron chi connectivity index (χ4n) is 3.94. The molecule has 9 heteroatoms. The lowest BCUT2D eigenvalue weighted by Crippen LogP contribution is -2.41. The highest BCUT2D eigenvalue weighted by Gasteiger charge is 2.47. The number of anilines is 2. The van der Waals surface area contributed by atoms with Crippen LogP contribution in [0.3, 0.4) is 0 Å². The molecule has 2 N–H and O–H groups in total. The monoisotopic (exact) mass is 447 g/mol. The zero-order valence-electron chi connectivity index (χ0n) is 17.3. The molecule has 2 aromatic carbocycles. The van der Waals surface area contributed by atoms with Gasteiger partial charge in [0.2, 0.25) is 11.8 Å². The van der Waals surface area contributed by atoms with E-state index in [-0.39, 0.29) is 23.9 Å². The molecule has 2 fully saturated rings. The van der Waals surface area contributed by atoms with Crippen LogP contribution in [-0.2, 0) is 20.5 Å². The Bertz CT molecular complexity index is 972. The summed E-state index contributed by atoms with van der Waals surface area (Å²) in [5, 5.41) is 5.57. The second kappa shape index (κ2) is 9.30. The van der Waals surface area contributed by atoms with Gasteiger partial charge in [0.05, 0.1) is 25.3 Å². The van der Waals surface area contributed by atoms with Gasteiger partial charge in [0.15, 0.2) is 0 Å². The van der Waals surface area contributed by atoms with Crippen molar-refractivity contribution in [1.29, 1.82) is 0 Å². The molecule has 0 spiro atoms. The summed E-state index contributed by atoms with van der Waals surface area (Å²) in [6, 6.07) is 12.1. The van der Waals surface area contributed by atoms with Crippen molar-refractivity contribution in [2.45, 2.75) is 18.5 Å². The fourth-order valence-corrected chi connectivity index (χ4v) is 3.94. The van der Waals surface area contributed by atoms with Crippen LogP contribution in [0.5, 0.6) is 0 Å². The molecule has 2 aromatic rings. The van der Waals surface area contributed by atoms with Gasteiger partial charge in [-0.3, -0.25) is 14.5 Å². The van der Waals surface area contributed by atoms with Crippen molar-refractivity contribution in [3.05, 3.63) is 59.7 Å². The van der Waals surface area contributed by atoms with Crippen molar-refractivity contribution in [2.75, 3.05) is 43.5 Å². The number of morpholine rings is 1. The molecule has 0 aromatic heterocycles. The molecular formula is C23H24F3N3O3. The first-order chi connectivity index (χ1) is 15.3. The first-order valence-electron chi connectivity index (χ1n) is 10.5. The minimum absolute atomic E-state index is 0.132. The van der Waals surface area contributed by atoms with Crippen molar-refractivity contribution in [3.8, 4) is 0 Å². The van der Waals surface area contributed by atoms with Crippen LogP contribution in [0, 0.1) is 5.92 Å². The lowest BCUT2D eigenvalue weighted by atomic mass is 10.0. The van der Waals surface area contributed by atoms with Gasteiger partial charge in [-0.2, -0.15) is 13.2 Å². The number of alkyl halides is 3. The molecular weight excluding hydrogens is 423 g/mol. The van der Waals surface area contributed by atoms with E-state index in [1.807, 2.05) is 4.90 Å². The summed E-state index contributed by atoms with van der Waals surface area (Å²) in [6.07, 6.45) is -4.06. The van der Waals surface area contributed by atoms with E-state index in [1.165, 1.54) is 12.1 Å². The molecule has 2 atom stereocenters. The molecule has 6 nitrogen and oxygen atoms in total. The maximum Gasteiger partial charge on any atom is 0.416 e. The van der Waals surface area contributed by atoms with Gasteiger partial charge in [-0.15, -0.1) is 0 Å². The van der Waals surface area contributed by atoms with Crippen molar-refractivity contribution in [3.63, 3.8) is 0 Å². The van der Waals surface area contributed by atoms with Gasteiger partial charge < -0.3 is 15.4 Å². The second-order valence-corrected chi connectivity index (χ2v) is 8.04. The summed E-state index contributed by atoms with van der Waals surface area (Å²) < 4.78 is 45.0. The van der Waals surface area contributed by atoms with Crippen LogP contribution >= 0.6 is 0 Å². The number of rotatable bonds is 6. The fraction of sp³-hybridized carbons (Fsp3) is 0.391. The number of halogens is 3. The van der Waals surface area contributed by atoms with Gasteiger partial charge >= 0.3 is 6.18 Å². The molecule has 2 aliphatic rings. The number of carbonyl (C=O) groups is 2. The standard InChI is InChI=1S/C23H24F3N3O3/c24-23(25,26)20-4-2-1-3-17(20)18-13-19(18)22(31)28-16-7-5-15(6-8-16)27-21(30)14-29-9-11-32-12-10-29/h1-8,18-19H,9-14H2,(H,27,30)(H,28,31). The second-order valence-electron chi connectivity index (χ2n) is 8.04. The van der Waals surface area contributed by atoms with Gasteiger partial charge in [0, 0.05) is 30.4 Å². The molecule has 1 saturated heterocycles. The molecule has 1 saturated carbocycles. The van der Waals surface area contributed by atoms with E-state index in [4.69, 9.17) is 4.74 Å². The topological polar surface area (TPSA) is 70.7 Å². The van der Waals surface area contributed by atoms with Crippen LogP contribution in [0.25, 0.3) is 0 Å². The van der Waals surface area contributed by atoms with Gasteiger partial charge in [0.25, 0.3) is 0 Å². The number of carbonyl (C=O) groups excluding carboxylic acids is 2. The number of hydrogen-bond donors (Lipinski definition) is 2. The SMILES string of the molecule is O=C(CN1CCOCC1)Nc1ccc(NC(=O)C2CC2c2ccccc2C(F)(F)F)cc1. The maximum atomic E-state index is 13.2. The normalized spacial score (nSPS) is 21.1. The predicted octanol–water partition coefficient (Wildman–Crippen LogP) is 3.72. The van der Waals surface area contributed by atoms with Crippen LogP contribution in [0.1, 0.15) is 23.5 Å². The largest absolute Gasteiger partial charge is 0.416 e. The Labute approximate surface area is 183 Å². The summed E-state index contributed by atoms with van der Waals surface area (Å²) in [7, 11) is 0. The van der Waals surface area contributed by atoms with Crippen molar-refractivity contribution in [1.82, 2.24) is 4.90 Å². The van der Waals surface area contributed by atoms with Crippen LogP contribution in [0.4, 0.5) is 24.5 Å². The van der Waals surface area contributed by atoms with Crippen LogP contribution in [-0.4, -0.2) is 49.6 Å². The van der Waals surface area contributed by atoms with Gasteiger partial charge in [-0.25, -0.2) is 0 Å². The zero-order chi connectivity index (χ0) is 22.7. The summed E-state index contributed by atoms with van der Waals surface area (Å²) in [4.78, 5) is 26.7. The minimum atomic E-state index is -4.44. The first-order valence-corrected chi connectivity index (χ1v) is 10.5. The predicted molar refractivity (Wildman–Crippen MR) is 113 cm³/mol. The summed E-state index contributed by atoms with van der Waals surface area (Å²) >= 11 is 0. The van der Waals surface area contributed by atoms with Crippen molar-refractivity contribution >= 4 is 23.2 Å². The Morgan fingerprint density at radius 1 is 0.969 bits per heavy atom. The van der Waals surface area contributed by atoms with Gasteiger partial charge in [0.1, 0.15) is 0 Å². The molecule has 0 bridgehead atoms. The van der Waals surface area contributed by atoms with Gasteiger partial charge in [-0.05, 0) is 48.2 Å². The van der Waals surface area contributed by atoms with Gasteiger partial charge in [-0.1, -0.05) is 18.2 Å². The number of amides is 2. The lowest BCUT2D eigenvalue weighted by molar-refractivity contribution is -0.138. The molecule has 2 unspecified atom stereocenters. The Kier molecular flexibility index (Phi) is 6.48. The third kappa shape index (κ3) is 5.46. The Balaban J connectivity index is 1.30. The molecule has 1 aliphatic heterocycles. The Morgan fingerprint density at radius 2 is 1.59 bits per heavy atom. The molecule has 2 amide bonds. The van der Waals surface area contributed by atoms with Crippen molar-refractivity contribution < 1.29 is 27.5 Å². The maximum absolute atomic E-state index is 13.2. The zero-order valence-corrected chi connectivity index (χ0v) is 17.3. The quantitative estimate of drug-likeness (QED) is 0.708. The van der Waals surface area contributed by atoms with E-state index in [0.717, 1.165) is 6.07 Å².